The van der Waals surface area contributed by atoms with Gasteiger partial charge >= 0.3 is 6.18 Å². The molecule has 0 aliphatic carbocycles. The molecule has 0 aromatic heterocycles. The molecule has 0 fully saturated rings. The lowest BCUT2D eigenvalue weighted by molar-refractivity contribution is -0.137. The van der Waals surface area contributed by atoms with Crippen molar-refractivity contribution >= 4 is 17.8 Å². The SMILES string of the molecule is CCN(C)C=O.Cc1ccc(-c2ccccc2Nc2ccc(C(F)(F)F)cc2)cc1. The molecule has 0 bridgehead atoms. The molecule has 0 saturated carbocycles. The predicted molar refractivity (Wildman–Crippen MR) is 116 cm³/mol. The summed E-state index contributed by atoms with van der Waals surface area (Å²) in [6.07, 6.45) is -3.52. The second-order valence-electron chi connectivity index (χ2n) is 6.79. The molecule has 0 aliphatic rings. The smallest absolute Gasteiger partial charge is 0.355 e. The quantitative estimate of drug-likeness (QED) is 0.482. The molecular weight excluding hydrogens is 389 g/mol. The number of alkyl halides is 3. The van der Waals surface area contributed by atoms with E-state index in [1.54, 1.807) is 11.9 Å². The van der Waals surface area contributed by atoms with Crippen molar-refractivity contribution in [3.05, 3.63) is 83.9 Å². The molecule has 1 amide bonds. The van der Waals surface area contributed by atoms with Crippen molar-refractivity contribution in [1.82, 2.24) is 4.90 Å². The highest BCUT2D eigenvalue weighted by atomic mass is 19.4. The van der Waals surface area contributed by atoms with Gasteiger partial charge in [0.05, 0.1) is 5.56 Å². The lowest BCUT2D eigenvalue weighted by atomic mass is 10.0. The first-order valence-corrected chi connectivity index (χ1v) is 9.50. The average Bonchev–Trinajstić information content (AvgIpc) is 2.74. The first kappa shape index (κ1) is 23.0. The van der Waals surface area contributed by atoms with E-state index >= 15 is 0 Å². The molecule has 0 unspecified atom stereocenters. The van der Waals surface area contributed by atoms with E-state index in [1.807, 2.05) is 62.4 Å². The Hall–Kier alpha value is -3.28. The van der Waals surface area contributed by atoms with Crippen LogP contribution in [0.25, 0.3) is 11.1 Å². The highest BCUT2D eigenvalue weighted by molar-refractivity contribution is 5.81. The normalized spacial score (nSPS) is 10.6. The third-order valence-corrected chi connectivity index (χ3v) is 4.46. The fourth-order valence-electron chi connectivity index (χ4n) is 2.55. The van der Waals surface area contributed by atoms with Crippen LogP contribution in [0.1, 0.15) is 18.1 Å². The van der Waals surface area contributed by atoms with E-state index in [0.717, 1.165) is 41.9 Å². The maximum atomic E-state index is 12.6. The molecule has 158 valence electrons. The first-order valence-electron chi connectivity index (χ1n) is 9.50. The molecule has 0 radical (unpaired) electrons. The minimum Gasteiger partial charge on any atom is -0.355 e. The number of amides is 1. The van der Waals surface area contributed by atoms with Crippen LogP contribution in [0.4, 0.5) is 24.5 Å². The minimum atomic E-state index is -4.32. The molecule has 3 aromatic rings. The van der Waals surface area contributed by atoms with Crippen LogP contribution in [-0.4, -0.2) is 24.9 Å². The van der Waals surface area contributed by atoms with Gasteiger partial charge in [0.2, 0.25) is 6.41 Å². The number of para-hydroxylation sites is 1. The van der Waals surface area contributed by atoms with Crippen LogP contribution in [0.5, 0.6) is 0 Å². The number of rotatable bonds is 5. The number of aryl methyl sites for hydroxylation is 1. The molecule has 3 rings (SSSR count). The van der Waals surface area contributed by atoms with Crippen LogP contribution >= 0.6 is 0 Å². The van der Waals surface area contributed by atoms with Crippen LogP contribution in [-0.2, 0) is 11.0 Å². The van der Waals surface area contributed by atoms with Gasteiger partial charge in [-0.3, -0.25) is 4.79 Å². The van der Waals surface area contributed by atoms with Gasteiger partial charge in [-0.15, -0.1) is 0 Å². The summed E-state index contributed by atoms with van der Waals surface area (Å²) in [4.78, 5) is 11.2. The van der Waals surface area contributed by atoms with E-state index in [0.29, 0.717) is 5.69 Å². The van der Waals surface area contributed by atoms with Gasteiger partial charge in [0, 0.05) is 30.5 Å². The molecule has 6 heteroatoms. The Morgan fingerprint density at radius 1 is 0.933 bits per heavy atom. The Morgan fingerprint density at radius 2 is 1.53 bits per heavy atom. The van der Waals surface area contributed by atoms with Crippen molar-refractivity contribution in [1.29, 1.82) is 0 Å². The third kappa shape index (κ3) is 6.65. The molecule has 1 N–H and O–H groups in total. The largest absolute Gasteiger partial charge is 0.416 e. The van der Waals surface area contributed by atoms with Crippen molar-refractivity contribution < 1.29 is 18.0 Å². The van der Waals surface area contributed by atoms with Crippen LogP contribution in [0.15, 0.2) is 72.8 Å². The Bertz CT molecular complexity index is 936. The maximum Gasteiger partial charge on any atom is 0.416 e. The summed E-state index contributed by atoms with van der Waals surface area (Å²) in [5, 5.41) is 3.20. The zero-order chi connectivity index (χ0) is 22.1. The van der Waals surface area contributed by atoms with E-state index in [-0.39, 0.29) is 0 Å². The fraction of sp³-hybridized carbons (Fsp3) is 0.208. The number of carbonyl (C=O) groups excluding carboxylic acids is 1. The summed E-state index contributed by atoms with van der Waals surface area (Å²) in [6, 6.07) is 20.9. The molecule has 0 saturated heterocycles. The standard InChI is InChI=1S/C20H16F3N.C4H9NO/c1-14-6-8-15(9-7-14)18-4-2-3-5-19(18)24-17-12-10-16(11-13-17)20(21,22)23;1-3-5(2)4-6/h2-13,24H,1H3;4H,3H2,1-2H3. The summed E-state index contributed by atoms with van der Waals surface area (Å²) < 4.78 is 37.9. The van der Waals surface area contributed by atoms with Gasteiger partial charge in [-0.25, -0.2) is 0 Å². The van der Waals surface area contributed by atoms with E-state index in [2.05, 4.69) is 5.32 Å². The zero-order valence-electron chi connectivity index (χ0n) is 17.2. The zero-order valence-corrected chi connectivity index (χ0v) is 17.2. The number of hydrogen-bond donors (Lipinski definition) is 1. The molecule has 0 atom stereocenters. The van der Waals surface area contributed by atoms with Gasteiger partial charge < -0.3 is 10.2 Å². The van der Waals surface area contributed by atoms with Crippen molar-refractivity contribution in [3.8, 4) is 11.1 Å². The molecule has 0 aliphatic heterocycles. The topological polar surface area (TPSA) is 32.3 Å². The van der Waals surface area contributed by atoms with Gasteiger partial charge in [-0.2, -0.15) is 13.2 Å². The lowest BCUT2D eigenvalue weighted by Gasteiger charge is -2.13. The Balaban J connectivity index is 0.000000469. The van der Waals surface area contributed by atoms with Crippen LogP contribution in [0, 0.1) is 6.92 Å². The van der Waals surface area contributed by atoms with Crippen molar-refractivity contribution in [2.24, 2.45) is 0 Å². The molecule has 3 aromatic carbocycles. The van der Waals surface area contributed by atoms with Gasteiger partial charge in [-0.1, -0.05) is 48.0 Å². The van der Waals surface area contributed by atoms with E-state index in [4.69, 9.17) is 0 Å². The predicted octanol–water partition coefficient (Wildman–Crippen LogP) is 6.52. The summed E-state index contributed by atoms with van der Waals surface area (Å²) in [6.45, 7) is 4.74. The van der Waals surface area contributed by atoms with Crippen molar-refractivity contribution in [2.45, 2.75) is 20.0 Å². The summed E-state index contributed by atoms with van der Waals surface area (Å²) in [7, 11) is 1.74. The minimum absolute atomic E-state index is 0.613. The Kier molecular flexibility index (Phi) is 8.04. The summed E-state index contributed by atoms with van der Waals surface area (Å²) in [5.74, 6) is 0. The number of nitrogens with zero attached hydrogens (tertiary/aromatic N) is 1. The highest BCUT2D eigenvalue weighted by Gasteiger charge is 2.29. The Morgan fingerprint density at radius 3 is 2.03 bits per heavy atom. The fourth-order valence-corrected chi connectivity index (χ4v) is 2.55. The van der Waals surface area contributed by atoms with E-state index < -0.39 is 11.7 Å². The number of nitrogens with one attached hydrogen (secondary N) is 1. The van der Waals surface area contributed by atoms with Gasteiger partial charge in [-0.05, 0) is 49.7 Å². The summed E-state index contributed by atoms with van der Waals surface area (Å²) >= 11 is 0. The average molecular weight is 414 g/mol. The molecule has 0 spiro atoms. The van der Waals surface area contributed by atoms with Gasteiger partial charge in [0.25, 0.3) is 0 Å². The first-order chi connectivity index (χ1) is 14.2. The van der Waals surface area contributed by atoms with Crippen molar-refractivity contribution in [2.75, 3.05) is 18.9 Å². The van der Waals surface area contributed by atoms with E-state index in [9.17, 15) is 18.0 Å². The molecule has 0 heterocycles. The highest BCUT2D eigenvalue weighted by Crippen LogP contribution is 2.33. The second kappa shape index (κ2) is 10.5. The monoisotopic (exact) mass is 414 g/mol. The second-order valence-corrected chi connectivity index (χ2v) is 6.79. The van der Waals surface area contributed by atoms with Gasteiger partial charge in [0.1, 0.15) is 0 Å². The summed E-state index contributed by atoms with van der Waals surface area (Å²) in [5.41, 5.74) is 4.03. The number of halogens is 3. The van der Waals surface area contributed by atoms with E-state index in [1.165, 1.54) is 17.7 Å². The van der Waals surface area contributed by atoms with Crippen molar-refractivity contribution in [3.63, 3.8) is 0 Å². The molecule has 30 heavy (non-hydrogen) atoms. The third-order valence-electron chi connectivity index (χ3n) is 4.46. The maximum absolute atomic E-state index is 12.6. The van der Waals surface area contributed by atoms with Crippen LogP contribution < -0.4 is 5.32 Å². The molecule has 3 nitrogen and oxygen atoms in total. The van der Waals surface area contributed by atoms with Crippen LogP contribution in [0.3, 0.4) is 0 Å². The number of benzene rings is 3. The number of hydrogen-bond acceptors (Lipinski definition) is 2. The lowest BCUT2D eigenvalue weighted by Crippen LogP contribution is -2.13. The van der Waals surface area contributed by atoms with Gasteiger partial charge in [0.15, 0.2) is 0 Å². The number of carbonyl (C=O) groups is 1. The number of anilines is 2. The molecular formula is C24H25F3N2O. The van der Waals surface area contributed by atoms with Crippen LogP contribution in [0.2, 0.25) is 0 Å². The Labute approximate surface area is 175 Å².